The number of nitrogens with one attached hydrogen (secondary N) is 1. The van der Waals surface area contributed by atoms with E-state index in [4.69, 9.17) is 23.2 Å². The molecule has 2 aromatic carbocycles. The summed E-state index contributed by atoms with van der Waals surface area (Å²) in [5.74, 6) is 0.102. The van der Waals surface area contributed by atoms with E-state index in [1.165, 1.54) is 0 Å². The number of anilines is 2. The highest BCUT2D eigenvalue weighted by Gasteiger charge is 2.32. The van der Waals surface area contributed by atoms with Gasteiger partial charge >= 0.3 is 0 Å². The van der Waals surface area contributed by atoms with Gasteiger partial charge in [0, 0.05) is 29.4 Å². The molecule has 27 heavy (non-hydrogen) atoms. The molecule has 1 saturated carbocycles. The molecule has 4 rings (SSSR count). The van der Waals surface area contributed by atoms with E-state index in [-0.39, 0.29) is 17.7 Å². The highest BCUT2D eigenvalue weighted by Crippen LogP contribution is 2.35. The van der Waals surface area contributed by atoms with Gasteiger partial charge in [-0.3, -0.25) is 9.59 Å². The van der Waals surface area contributed by atoms with Crippen LogP contribution in [0.5, 0.6) is 0 Å². The van der Waals surface area contributed by atoms with Crippen LogP contribution in [-0.2, 0) is 11.2 Å². The molecule has 2 aromatic rings. The Morgan fingerprint density at radius 3 is 2.52 bits per heavy atom. The zero-order valence-corrected chi connectivity index (χ0v) is 16.3. The molecule has 0 spiro atoms. The van der Waals surface area contributed by atoms with Crippen molar-refractivity contribution in [3.05, 3.63) is 57.6 Å². The number of halogens is 2. The maximum Gasteiger partial charge on any atom is 0.255 e. The quantitative estimate of drug-likeness (QED) is 0.754. The van der Waals surface area contributed by atoms with Gasteiger partial charge in [-0.05, 0) is 55.2 Å². The Balaban J connectivity index is 1.53. The summed E-state index contributed by atoms with van der Waals surface area (Å²) in [6.07, 6.45) is 5.10. The lowest BCUT2D eigenvalue weighted by molar-refractivity contribution is -0.122. The Bertz CT molecular complexity index is 907. The Morgan fingerprint density at radius 2 is 1.78 bits per heavy atom. The lowest BCUT2D eigenvalue weighted by Crippen LogP contribution is -2.33. The molecule has 1 heterocycles. The summed E-state index contributed by atoms with van der Waals surface area (Å²) >= 11 is 11.9. The van der Waals surface area contributed by atoms with Crippen molar-refractivity contribution in [2.24, 2.45) is 5.92 Å². The van der Waals surface area contributed by atoms with Crippen molar-refractivity contribution in [3.8, 4) is 0 Å². The second-order valence-corrected chi connectivity index (χ2v) is 7.96. The average molecular weight is 403 g/mol. The van der Waals surface area contributed by atoms with Crippen molar-refractivity contribution < 1.29 is 9.59 Å². The van der Waals surface area contributed by atoms with Crippen LogP contribution < -0.4 is 10.2 Å². The van der Waals surface area contributed by atoms with Gasteiger partial charge in [-0.25, -0.2) is 0 Å². The first kappa shape index (κ1) is 18.3. The van der Waals surface area contributed by atoms with Gasteiger partial charge < -0.3 is 10.2 Å². The van der Waals surface area contributed by atoms with Crippen LogP contribution in [0.4, 0.5) is 11.4 Å². The summed E-state index contributed by atoms with van der Waals surface area (Å²) in [5, 5.41) is 3.63. The van der Waals surface area contributed by atoms with Crippen LogP contribution in [0.25, 0.3) is 0 Å². The molecule has 0 aromatic heterocycles. The van der Waals surface area contributed by atoms with Crippen molar-refractivity contribution in [2.75, 3.05) is 16.8 Å². The first-order valence-electron chi connectivity index (χ1n) is 9.23. The van der Waals surface area contributed by atoms with Crippen LogP contribution >= 0.6 is 23.2 Å². The van der Waals surface area contributed by atoms with E-state index in [0.29, 0.717) is 21.3 Å². The third kappa shape index (κ3) is 3.69. The molecule has 2 amide bonds. The van der Waals surface area contributed by atoms with E-state index in [9.17, 15) is 9.59 Å². The minimum atomic E-state index is -0.264. The number of hydrogen-bond donors (Lipinski definition) is 1. The first-order valence-corrected chi connectivity index (χ1v) is 9.99. The molecule has 140 valence electrons. The van der Waals surface area contributed by atoms with Crippen molar-refractivity contribution in [3.63, 3.8) is 0 Å². The van der Waals surface area contributed by atoms with Gasteiger partial charge in [-0.1, -0.05) is 42.1 Å². The predicted octanol–water partition coefficient (Wildman–Crippen LogP) is 5.33. The van der Waals surface area contributed by atoms with Crippen molar-refractivity contribution in [1.29, 1.82) is 0 Å². The minimum Gasteiger partial charge on any atom is -0.322 e. The number of rotatable bonds is 3. The summed E-state index contributed by atoms with van der Waals surface area (Å²) in [6, 6.07) is 10.5. The third-order valence-corrected chi connectivity index (χ3v) is 6.13. The standard InChI is InChI=1S/C21H20Cl2N2O2/c22-17-8-6-15(11-18(17)23)20(26)24-16-7-5-13-9-10-25(19(13)12-16)21(27)14-3-1-2-4-14/h5-8,11-12,14H,1-4,9-10H2,(H,24,26). The van der Waals surface area contributed by atoms with Crippen LogP contribution in [0.15, 0.2) is 36.4 Å². The van der Waals surface area contributed by atoms with Crippen LogP contribution in [-0.4, -0.2) is 18.4 Å². The average Bonchev–Trinajstić information content (AvgIpc) is 3.33. The number of fused-ring (bicyclic) bond motifs is 1. The Labute approximate surface area is 168 Å². The zero-order valence-electron chi connectivity index (χ0n) is 14.8. The SMILES string of the molecule is O=C(Nc1ccc2c(c1)N(C(=O)C1CCCC1)CC2)c1ccc(Cl)c(Cl)c1. The summed E-state index contributed by atoms with van der Waals surface area (Å²) in [5.41, 5.74) is 3.16. The number of hydrogen-bond acceptors (Lipinski definition) is 2. The number of nitrogens with zero attached hydrogens (tertiary/aromatic N) is 1. The van der Waals surface area contributed by atoms with Gasteiger partial charge in [0.1, 0.15) is 0 Å². The fraction of sp³-hybridized carbons (Fsp3) is 0.333. The number of amides is 2. The normalized spacial score (nSPS) is 16.4. The van der Waals surface area contributed by atoms with E-state index >= 15 is 0 Å². The van der Waals surface area contributed by atoms with Crippen LogP contribution in [0.2, 0.25) is 10.0 Å². The molecule has 1 N–H and O–H groups in total. The zero-order chi connectivity index (χ0) is 19.0. The topological polar surface area (TPSA) is 49.4 Å². The maximum absolute atomic E-state index is 12.8. The second kappa shape index (κ2) is 7.53. The molecule has 4 nitrogen and oxygen atoms in total. The highest BCUT2D eigenvalue weighted by molar-refractivity contribution is 6.42. The molecule has 0 saturated heterocycles. The summed E-state index contributed by atoms with van der Waals surface area (Å²) in [7, 11) is 0. The smallest absolute Gasteiger partial charge is 0.255 e. The highest BCUT2D eigenvalue weighted by atomic mass is 35.5. The van der Waals surface area contributed by atoms with Gasteiger partial charge in [0.05, 0.1) is 10.0 Å². The van der Waals surface area contributed by atoms with E-state index < -0.39 is 0 Å². The Kier molecular flexibility index (Phi) is 5.11. The number of carbonyl (C=O) groups excluding carboxylic acids is 2. The minimum absolute atomic E-state index is 0.144. The van der Waals surface area contributed by atoms with Gasteiger partial charge in [0.15, 0.2) is 0 Å². The molecular formula is C21H20Cl2N2O2. The van der Waals surface area contributed by atoms with E-state index in [1.54, 1.807) is 18.2 Å². The summed E-state index contributed by atoms with van der Waals surface area (Å²) < 4.78 is 0. The van der Waals surface area contributed by atoms with E-state index in [1.807, 2.05) is 23.1 Å². The molecule has 1 fully saturated rings. The van der Waals surface area contributed by atoms with Crippen molar-refractivity contribution in [1.82, 2.24) is 0 Å². The lowest BCUT2D eigenvalue weighted by Gasteiger charge is -2.21. The Morgan fingerprint density at radius 1 is 1.00 bits per heavy atom. The molecule has 2 aliphatic rings. The fourth-order valence-electron chi connectivity index (χ4n) is 3.92. The number of carbonyl (C=O) groups is 2. The van der Waals surface area contributed by atoms with Gasteiger partial charge in [-0.2, -0.15) is 0 Å². The maximum atomic E-state index is 12.8. The predicted molar refractivity (Wildman–Crippen MR) is 109 cm³/mol. The molecule has 0 atom stereocenters. The largest absolute Gasteiger partial charge is 0.322 e. The van der Waals surface area contributed by atoms with Crippen molar-refractivity contribution >= 4 is 46.4 Å². The summed E-state index contributed by atoms with van der Waals surface area (Å²) in [6.45, 7) is 0.717. The molecule has 0 radical (unpaired) electrons. The van der Waals surface area contributed by atoms with E-state index in [2.05, 4.69) is 5.32 Å². The Hall–Kier alpha value is -2.04. The van der Waals surface area contributed by atoms with Gasteiger partial charge in [-0.15, -0.1) is 0 Å². The van der Waals surface area contributed by atoms with E-state index in [0.717, 1.165) is 49.9 Å². The molecule has 1 aliphatic heterocycles. The molecule has 6 heteroatoms. The molecule has 1 aliphatic carbocycles. The summed E-state index contributed by atoms with van der Waals surface area (Å²) in [4.78, 5) is 27.2. The van der Waals surface area contributed by atoms with Crippen LogP contribution in [0.3, 0.4) is 0 Å². The van der Waals surface area contributed by atoms with Gasteiger partial charge in [0.2, 0.25) is 5.91 Å². The molecule has 0 unspecified atom stereocenters. The third-order valence-electron chi connectivity index (χ3n) is 5.39. The fourth-order valence-corrected chi connectivity index (χ4v) is 4.22. The van der Waals surface area contributed by atoms with Crippen LogP contribution in [0, 0.1) is 5.92 Å². The first-order chi connectivity index (χ1) is 13.0. The van der Waals surface area contributed by atoms with Crippen molar-refractivity contribution in [2.45, 2.75) is 32.1 Å². The van der Waals surface area contributed by atoms with Gasteiger partial charge in [0.25, 0.3) is 5.91 Å². The molecule has 0 bridgehead atoms. The number of benzene rings is 2. The monoisotopic (exact) mass is 402 g/mol. The molecular weight excluding hydrogens is 383 g/mol. The lowest BCUT2D eigenvalue weighted by atomic mass is 10.1. The van der Waals surface area contributed by atoms with Crippen LogP contribution in [0.1, 0.15) is 41.6 Å². The second-order valence-electron chi connectivity index (χ2n) is 7.15.